The van der Waals surface area contributed by atoms with Crippen LogP contribution in [0.3, 0.4) is 0 Å². The third-order valence-corrected chi connectivity index (χ3v) is 2.62. The summed E-state index contributed by atoms with van der Waals surface area (Å²) in [4.78, 5) is 15.2. The van der Waals surface area contributed by atoms with Crippen molar-refractivity contribution in [1.29, 1.82) is 0 Å². The zero-order chi connectivity index (χ0) is 10.0. The molecular formula is C8H11N3O3. The standard InChI is InChI=1S/C8H11N3O3/c12-7(13)8(1-3-14-4-2-8)6-9-5-10-11-6/h5H,1-4H2,(H,12,13)(H,9,10,11). The van der Waals surface area contributed by atoms with Gasteiger partial charge in [-0.1, -0.05) is 0 Å². The first-order valence-corrected chi connectivity index (χ1v) is 4.43. The van der Waals surface area contributed by atoms with Crippen LogP contribution >= 0.6 is 0 Å². The number of aliphatic carboxylic acids is 1. The normalized spacial score (nSPS) is 20.6. The Morgan fingerprint density at radius 1 is 1.57 bits per heavy atom. The van der Waals surface area contributed by atoms with E-state index >= 15 is 0 Å². The molecule has 1 saturated heterocycles. The lowest BCUT2D eigenvalue weighted by atomic mass is 9.79. The summed E-state index contributed by atoms with van der Waals surface area (Å²) in [5, 5.41) is 15.5. The Morgan fingerprint density at radius 3 is 2.79 bits per heavy atom. The van der Waals surface area contributed by atoms with Crippen LogP contribution in [-0.2, 0) is 14.9 Å². The first kappa shape index (κ1) is 9.14. The van der Waals surface area contributed by atoms with Crippen LogP contribution in [0.4, 0.5) is 0 Å². The monoisotopic (exact) mass is 197 g/mol. The number of hydrogen-bond acceptors (Lipinski definition) is 4. The van der Waals surface area contributed by atoms with Gasteiger partial charge in [-0.2, -0.15) is 5.10 Å². The largest absolute Gasteiger partial charge is 0.480 e. The van der Waals surface area contributed by atoms with E-state index < -0.39 is 11.4 Å². The van der Waals surface area contributed by atoms with Gasteiger partial charge in [0.15, 0.2) is 0 Å². The van der Waals surface area contributed by atoms with Crippen molar-refractivity contribution in [1.82, 2.24) is 15.2 Å². The van der Waals surface area contributed by atoms with Crippen LogP contribution in [0, 0.1) is 0 Å². The van der Waals surface area contributed by atoms with Crippen LogP contribution in [0.2, 0.25) is 0 Å². The Balaban J connectivity index is 2.35. The van der Waals surface area contributed by atoms with Crippen LogP contribution < -0.4 is 0 Å². The fraction of sp³-hybridized carbons (Fsp3) is 0.625. The van der Waals surface area contributed by atoms with E-state index in [-0.39, 0.29) is 0 Å². The molecule has 0 amide bonds. The van der Waals surface area contributed by atoms with Crippen LogP contribution in [0.15, 0.2) is 6.33 Å². The van der Waals surface area contributed by atoms with Gasteiger partial charge < -0.3 is 9.84 Å². The molecule has 0 aliphatic carbocycles. The van der Waals surface area contributed by atoms with E-state index in [0.717, 1.165) is 0 Å². The number of ether oxygens (including phenoxy) is 1. The molecule has 76 valence electrons. The minimum absolute atomic E-state index is 0.424. The number of H-pyrrole nitrogens is 1. The summed E-state index contributed by atoms with van der Waals surface area (Å²) in [6.45, 7) is 0.903. The molecule has 2 heterocycles. The summed E-state index contributed by atoms with van der Waals surface area (Å²) >= 11 is 0. The number of aromatic amines is 1. The molecule has 0 radical (unpaired) electrons. The van der Waals surface area contributed by atoms with Crippen molar-refractivity contribution in [2.24, 2.45) is 0 Å². The molecule has 1 aliphatic rings. The summed E-state index contributed by atoms with van der Waals surface area (Å²) in [6.07, 6.45) is 2.21. The predicted octanol–water partition coefficient (Wildman–Crippen LogP) is -0.0625. The van der Waals surface area contributed by atoms with E-state index in [2.05, 4.69) is 15.2 Å². The maximum absolute atomic E-state index is 11.2. The molecule has 1 fully saturated rings. The Morgan fingerprint density at radius 2 is 2.29 bits per heavy atom. The lowest BCUT2D eigenvalue weighted by Gasteiger charge is -2.30. The molecule has 0 unspecified atom stereocenters. The average molecular weight is 197 g/mol. The van der Waals surface area contributed by atoms with Gasteiger partial charge in [0, 0.05) is 13.2 Å². The molecule has 1 aromatic rings. The molecule has 0 saturated carbocycles. The fourth-order valence-electron chi connectivity index (χ4n) is 1.71. The summed E-state index contributed by atoms with van der Waals surface area (Å²) in [5.74, 6) is -0.439. The second kappa shape index (κ2) is 3.38. The van der Waals surface area contributed by atoms with E-state index in [1.54, 1.807) is 0 Å². The Kier molecular flexibility index (Phi) is 2.20. The highest BCUT2D eigenvalue weighted by Crippen LogP contribution is 2.32. The summed E-state index contributed by atoms with van der Waals surface area (Å²) in [6, 6.07) is 0. The quantitative estimate of drug-likeness (QED) is 0.693. The first-order valence-electron chi connectivity index (χ1n) is 4.43. The second-order valence-corrected chi connectivity index (χ2v) is 3.33. The molecule has 0 aromatic carbocycles. The predicted molar refractivity (Wildman–Crippen MR) is 45.7 cm³/mol. The van der Waals surface area contributed by atoms with E-state index in [0.29, 0.717) is 31.9 Å². The molecule has 2 rings (SSSR count). The van der Waals surface area contributed by atoms with Crippen molar-refractivity contribution in [3.63, 3.8) is 0 Å². The maximum atomic E-state index is 11.2. The molecule has 0 spiro atoms. The fourth-order valence-corrected chi connectivity index (χ4v) is 1.71. The number of nitrogens with zero attached hydrogens (tertiary/aromatic N) is 2. The van der Waals surface area contributed by atoms with E-state index in [4.69, 9.17) is 4.74 Å². The van der Waals surface area contributed by atoms with Gasteiger partial charge >= 0.3 is 5.97 Å². The van der Waals surface area contributed by atoms with Gasteiger partial charge in [0.1, 0.15) is 17.6 Å². The minimum atomic E-state index is -0.936. The van der Waals surface area contributed by atoms with E-state index in [1.165, 1.54) is 6.33 Å². The second-order valence-electron chi connectivity index (χ2n) is 3.33. The topological polar surface area (TPSA) is 88.1 Å². The number of nitrogens with one attached hydrogen (secondary N) is 1. The van der Waals surface area contributed by atoms with Crippen molar-refractivity contribution in [3.05, 3.63) is 12.2 Å². The van der Waals surface area contributed by atoms with Crippen LogP contribution in [0.5, 0.6) is 0 Å². The SMILES string of the molecule is O=C(O)C1(c2ncn[nH]2)CCOCC1. The van der Waals surface area contributed by atoms with Gasteiger partial charge in [-0.15, -0.1) is 0 Å². The molecule has 0 bridgehead atoms. The summed E-state index contributed by atoms with van der Waals surface area (Å²) in [7, 11) is 0. The van der Waals surface area contributed by atoms with Crippen molar-refractivity contribution < 1.29 is 14.6 Å². The lowest BCUT2D eigenvalue weighted by molar-refractivity contribution is -0.148. The van der Waals surface area contributed by atoms with E-state index in [9.17, 15) is 9.90 Å². The molecule has 6 heteroatoms. The molecule has 6 nitrogen and oxygen atoms in total. The number of hydrogen-bond donors (Lipinski definition) is 2. The molecule has 1 aliphatic heterocycles. The summed E-state index contributed by atoms with van der Waals surface area (Å²) in [5.41, 5.74) is -0.936. The Bertz CT molecular complexity index is 317. The maximum Gasteiger partial charge on any atom is 0.317 e. The number of aromatic nitrogens is 3. The van der Waals surface area contributed by atoms with Gasteiger partial charge in [0.25, 0.3) is 0 Å². The molecule has 0 atom stereocenters. The van der Waals surface area contributed by atoms with Crippen molar-refractivity contribution in [2.45, 2.75) is 18.3 Å². The van der Waals surface area contributed by atoms with Crippen LogP contribution in [0.1, 0.15) is 18.7 Å². The molecule has 1 aromatic heterocycles. The van der Waals surface area contributed by atoms with Gasteiger partial charge in [0.2, 0.25) is 0 Å². The smallest absolute Gasteiger partial charge is 0.317 e. The Hall–Kier alpha value is -1.43. The van der Waals surface area contributed by atoms with Gasteiger partial charge in [-0.3, -0.25) is 9.89 Å². The van der Waals surface area contributed by atoms with Crippen LogP contribution in [0.25, 0.3) is 0 Å². The van der Waals surface area contributed by atoms with Gasteiger partial charge in [-0.05, 0) is 12.8 Å². The zero-order valence-electron chi connectivity index (χ0n) is 7.56. The van der Waals surface area contributed by atoms with Gasteiger partial charge in [-0.25, -0.2) is 4.98 Å². The number of carboxylic acids is 1. The minimum Gasteiger partial charge on any atom is -0.480 e. The molecule has 14 heavy (non-hydrogen) atoms. The number of carboxylic acid groups (broad SMARTS) is 1. The first-order chi connectivity index (χ1) is 6.76. The molecule has 2 N–H and O–H groups in total. The lowest BCUT2D eigenvalue weighted by Crippen LogP contribution is -2.42. The van der Waals surface area contributed by atoms with Crippen LogP contribution in [-0.4, -0.2) is 39.5 Å². The highest BCUT2D eigenvalue weighted by molar-refractivity contribution is 5.80. The highest BCUT2D eigenvalue weighted by Gasteiger charge is 2.44. The average Bonchev–Trinajstić information content (AvgIpc) is 2.72. The third-order valence-electron chi connectivity index (χ3n) is 2.62. The van der Waals surface area contributed by atoms with Gasteiger partial charge in [0.05, 0.1) is 0 Å². The number of rotatable bonds is 2. The third kappa shape index (κ3) is 1.27. The van der Waals surface area contributed by atoms with Crippen molar-refractivity contribution in [2.75, 3.05) is 13.2 Å². The zero-order valence-corrected chi connectivity index (χ0v) is 7.56. The molecular weight excluding hydrogens is 186 g/mol. The Labute approximate surface area is 80.3 Å². The van der Waals surface area contributed by atoms with Crippen molar-refractivity contribution in [3.8, 4) is 0 Å². The summed E-state index contributed by atoms with van der Waals surface area (Å²) < 4.78 is 5.15. The number of carbonyl (C=O) groups is 1. The highest BCUT2D eigenvalue weighted by atomic mass is 16.5. The van der Waals surface area contributed by atoms with Crippen molar-refractivity contribution >= 4 is 5.97 Å². The van der Waals surface area contributed by atoms with E-state index in [1.807, 2.05) is 0 Å².